The summed E-state index contributed by atoms with van der Waals surface area (Å²) in [7, 11) is 0. The van der Waals surface area contributed by atoms with E-state index in [1.54, 1.807) is 0 Å². The lowest BCUT2D eigenvalue weighted by Crippen LogP contribution is -2.34. The smallest absolute Gasteiger partial charge is 0.0645 e. The molecule has 4 nitrogen and oxygen atoms in total. The van der Waals surface area contributed by atoms with Crippen LogP contribution in [0, 0.1) is 0 Å². The molecule has 1 N–H and O–H groups in total. The molecule has 1 aliphatic heterocycles. The average Bonchev–Trinajstić information content (AvgIpc) is 3.31. The molecule has 1 unspecified atom stereocenters. The van der Waals surface area contributed by atoms with Crippen molar-refractivity contribution in [1.29, 1.82) is 0 Å². The molecule has 1 aliphatic rings. The summed E-state index contributed by atoms with van der Waals surface area (Å²) in [4.78, 5) is 2.41. The van der Waals surface area contributed by atoms with Crippen molar-refractivity contribution in [3.63, 3.8) is 0 Å². The summed E-state index contributed by atoms with van der Waals surface area (Å²) in [5.41, 5.74) is 3.37. The van der Waals surface area contributed by atoms with Gasteiger partial charge in [-0.2, -0.15) is 5.10 Å². The molecule has 0 radical (unpaired) electrons. The SMILES string of the molecule is OCC1(c2ccccc2)CCN(Cc2cnn(-c3ccccc3)c2)C1. The molecular formula is C21H23N3O. The molecule has 1 saturated heterocycles. The summed E-state index contributed by atoms with van der Waals surface area (Å²) in [6.45, 7) is 2.92. The van der Waals surface area contributed by atoms with Crippen molar-refractivity contribution >= 4 is 0 Å². The van der Waals surface area contributed by atoms with Crippen molar-refractivity contribution in [2.75, 3.05) is 19.7 Å². The first kappa shape index (κ1) is 16.1. The molecule has 4 heteroatoms. The third-order valence-corrected chi connectivity index (χ3v) is 5.18. The van der Waals surface area contributed by atoms with Crippen molar-refractivity contribution in [3.05, 3.63) is 84.2 Å². The molecule has 2 aromatic carbocycles. The highest BCUT2D eigenvalue weighted by molar-refractivity contribution is 5.31. The average molecular weight is 333 g/mol. The highest BCUT2D eigenvalue weighted by Crippen LogP contribution is 2.34. The van der Waals surface area contributed by atoms with Crippen molar-refractivity contribution in [2.24, 2.45) is 0 Å². The highest BCUT2D eigenvalue weighted by atomic mass is 16.3. The van der Waals surface area contributed by atoms with Crippen LogP contribution in [-0.2, 0) is 12.0 Å². The van der Waals surface area contributed by atoms with Crippen LogP contribution in [0.1, 0.15) is 17.5 Å². The first-order chi connectivity index (χ1) is 12.3. The van der Waals surface area contributed by atoms with Crippen LogP contribution in [0.3, 0.4) is 0 Å². The zero-order valence-electron chi connectivity index (χ0n) is 14.3. The van der Waals surface area contributed by atoms with Crippen LogP contribution in [0.25, 0.3) is 5.69 Å². The monoisotopic (exact) mass is 333 g/mol. The fraction of sp³-hybridized carbons (Fsp3) is 0.286. The van der Waals surface area contributed by atoms with Crippen molar-refractivity contribution in [1.82, 2.24) is 14.7 Å². The lowest BCUT2D eigenvalue weighted by atomic mass is 9.80. The lowest BCUT2D eigenvalue weighted by molar-refractivity contribution is 0.188. The van der Waals surface area contributed by atoms with Crippen molar-refractivity contribution < 1.29 is 5.11 Å². The molecule has 4 rings (SSSR count). The van der Waals surface area contributed by atoms with Crippen LogP contribution >= 0.6 is 0 Å². The summed E-state index contributed by atoms with van der Waals surface area (Å²) in [6.07, 6.45) is 5.02. The van der Waals surface area contributed by atoms with E-state index in [0.717, 1.165) is 31.7 Å². The van der Waals surface area contributed by atoms with Crippen LogP contribution in [0.4, 0.5) is 0 Å². The molecule has 1 fully saturated rings. The number of likely N-dealkylation sites (tertiary alicyclic amines) is 1. The van der Waals surface area contributed by atoms with Gasteiger partial charge in [-0.1, -0.05) is 48.5 Å². The maximum Gasteiger partial charge on any atom is 0.0645 e. The Bertz CT molecular complexity index is 815. The van der Waals surface area contributed by atoms with Crippen LogP contribution in [0.5, 0.6) is 0 Å². The summed E-state index contributed by atoms with van der Waals surface area (Å²) >= 11 is 0. The quantitative estimate of drug-likeness (QED) is 0.780. The number of rotatable bonds is 5. The Morgan fingerprint density at radius 2 is 1.72 bits per heavy atom. The van der Waals surface area contributed by atoms with E-state index in [4.69, 9.17) is 0 Å². The Labute approximate surface area is 148 Å². The van der Waals surface area contributed by atoms with Gasteiger partial charge in [0.05, 0.1) is 18.5 Å². The number of hydrogen-bond donors (Lipinski definition) is 1. The molecule has 2 heterocycles. The van der Waals surface area contributed by atoms with Crippen molar-refractivity contribution in [3.8, 4) is 5.69 Å². The number of para-hydroxylation sites is 1. The van der Waals surface area contributed by atoms with Crippen LogP contribution in [-0.4, -0.2) is 39.5 Å². The second-order valence-electron chi connectivity index (χ2n) is 6.89. The molecule has 3 aromatic rings. The third-order valence-electron chi connectivity index (χ3n) is 5.18. The molecule has 0 spiro atoms. The van der Waals surface area contributed by atoms with Gasteiger partial charge in [-0.25, -0.2) is 4.68 Å². The van der Waals surface area contributed by atoms with E-state index in [9.17, 15) is 5.11 Å². The predicted molar refractivity (Wildman–Crippen MR) is 98.7 cm³/mol. The van der Waals surface area contributed by atoms with Gasteiger partial charge in [0.15, 0.2) is 0 Å². The van der Waals surface area contributed by atoms with Gasteiger partial charge in [-0.3, -0.25) is 4.90 Å². The van der Waals surface area contributed by atoms with E-state index in [1.807, 2.05) is 35.1 Å². The fourth-order valence-corrected chi connectivity index (χ4v) is 3.76. The Kier molecular flexibility index (Phi) is 4.38. The minimum Gasteiger partial charge on any atom is -0.395 e. The second-order valence-corrected chi connectivity index (χ2v) is 6.89. The third kappa shape index (κ3) is 3.23. The number of benzene rings is 2. The predicted octanol–water partition coefficient (Wildman–Crippen LogP) is 3.01. The van der Waals surface area contributed by atoms with Gasteiger partial charge in [0.2, 0.25) is 0 Å². The number of aliphatic hydroxyl groups is 1. The molecule has 1 atom stereocenters. The maximum absolute atomic E-state index is 10.1. The minimum absolute atomic E-state index is 0.142. The molecular weight excluding hydrogens is 310 g/mol. The molecule has 0 amide bonds. The van der Waals surface area contributed by atoms with Gasteiger partial charge in [-0.05, 0) is 30.7 Å². The topological polar surface area (TPSA) is 41.3 Å². The summed E-state index contributed by atoms with van der Waals surface area (Å²) in [5.74, 6) is 0. The van der Waals surface area contributed by atoms with Crippen LogP contribution < -0.4 is 0 Å². The molecule has 1 aromatic heterocycles. The van der Waals surface area contributed by atoms with E-state index < -0.39 is 0 Å². The summed E-state index contributed by atoms with van der Waals surface area (Å²) < 4.78 is 1.92. The van der Waals surface area contributed by atoms with Gasteiger partial charge < -0.3 is 5.11 Å². The van der Waals surface area contributed by atoms with E-state index in [1.165, 1.54) is 11.1 Å². The van der Waals surface area contributed by atoms with Gasteiger partial charge in [0.1, 0.15) is 0 Å². The first-order valence-electron chi connectivity index (χ1n) is 8.77. The summed E-state index contributed by atoms with van der Waals surface area (Å²) in [5, 5.41) is 14.5. The highest BCUT2D eigenvalue weighted by Gasteiger charge is 2.38. The van der Waals surface area contributed by atoms with Gasteiger partial charge in [0, 0.05) is 30.3 Å². The molecule has 0 saturated carbocycles. The van der Waals surface area contributed by atoms with Gasteiger partial charge in [-0.15, -0.1) is 0 Å². The molecule has 128 valence electrons. The van der Waals surface area contributed by atoms with Gasteiger partial charge in [0.25, 0.3) is 0 Å². The summed E-state index contributed by atoms with van der Waals surface area (Å²) in [6, 6.07) is 20.6. The molecule has 0 aliphatic carbocycles. The van der Waals surface area contributed by atoms with Crippen molar-refractivity contribution in [2.45, 2.75) is 18.4 Å². The number of aliphatic hydroxyl groups excluding tert-OH is 1. The first-order valence-corrected chi connectivity index (χ1v) is 8.77. The fourth-order valence-electron chi connectivity index (χ4n) is 3.76. The maximum atomic E-state index is 10.1. The Morgan fingerprint density at radius 1 is 1.00 bits per heavy atom. The minimum atomic E-state index is -0.142. The van der Waals surface area contributed by atoms with E-state index in [2.05, 4.69) is 52.6 Å². The number of aromatic nitrogens is 2. The number of nitrogens with zero attached hydrogens (tertiary/aromatic N) is 3. The second kappa shape index (κ2) is 6.82. The normalized spacial score (nSPS) is 20.8. The lowest BCUT2D eigenvalue weighted by Gasteiger charge is -2.27. The Morgan fingerprint density at radius 3 is 2.44 bits per heavy atom. The van der Waals surface area contributed by atoms with E-state index in [-0.39, 0.29) is 12.0 Å². The standard InChI is InChI=1S/C21H23N3O/c25-17-21(19-7-3-1-4-8-19)11-12-23(16-21)14-18-13-22-24(15-18)20-9-5-2-6-10-20/h1-10,13,15,25H,11-12,14,16-17H2. The van der Waals surface area contributed by atoms with Gasteiger partial charge >= 0.3 is 0 Å². The van der Waals surface area contributed by atoms with Crippen LogP contribution in [0.15, 0.2) is 73.1 Å². The zero-order chi connectivity index (χ0) is 17.1. The largest absolute Gasteiger partial charge is 0.395 e. The zero-order valence-corrected chi connectivity index (χ0v) is 14.3. The molecule has 0 bridgehead atoms. The Hall–Kier alpha value is -2.43. The Balaban J connectivity index is 1.47. The molecule has 25 heavy (non-hydrogen) atoms. The van der Waals surface area contributed by atoms with Crippen LogP contribution in [0.2, 0.25) is 0 Å². The van der Waals surface area contributed by atoms with E-state index >= 15 is 0 Å². The number of hydrogen-bond acceptors (Lipinski definition) is 3. The van der Waals surface area contributed by atoms with E-state index in [0.29, 0.717) is 0 Å².